The largest absolute Gasteiger partial charge is 0.462 e. The van der Waals surface area contributed by atoms with Crippen LogP contribution in [-0.4, -0.2) is 48.4 Å². The molecule has 1 fully saturated rings. The summed E-state index contributed by atoms with van der Waals surface area (Å²) in [6.07, 6.45) is 6.39. The second-order valence-electron chi connectivity index (χ2n) is 9.79. The van der Waals surface area contributed by atoms with Crippen LogP contribution in [0, 0.1) is 5.92 Å². The normalized spacial score (nSPS) is 22.9. The average Bonchev–Trinajstić information content (AvgIpc) is 3.26. The van der Waals surface area contributed by atoms with Crippen molar-refractivity contribution in [2.24, 2.45) is 16.6 Å². The van der Waals surface area contributed by atoms with Gasteiger partial charge in [-0.3, -0.25) is 0 Å². The third-order valence-electron chi connectivity index (χ3n) is 6.92. The first-order valence-electron chi connectivity index (χ1n) is 12.1. The number of morpholine rings is 1. The molecule has 0 bridgehead atoms. The quantitative estimate of drug-likeness (QED) is 0.612. The fraction of sp³-hybridized carbons (Fsp3) is 0.370. The molecule has 0 aliphatic carbocycles. The molecule has 3 aromatic rings. The maximum Gasteiger partial charge on any atom is 0.283 e. The minimum absolute atomic E-state index is 0.186. The number of hydrogen-bond donors (Lipinski definition) is 1. The van der Waals surface area contributed by atoms with Crippen LogP contribution >= 0.6 is 0 Å². The molecule has 1 spiro atoms. The van der Waals surface area contributed by atoms with Crippen molar-refractivity contribution < 1.29 is 14.2 Å². The van der Waals surface area contributed by atoms with Crippen LogP contribution in [0.2, 0.25) is 0 Å². The third kappa shape index (κ3) is 3.87. The number of nitrogens with two attached hydrogens (primary N) is 1. The van der Waals surface area contributed by atoms with Crippen LogP contribution < -0.4 is 15.4 Å². The molecule has 4 heterocycles. The Kier molecular flexibility index (Phi) is 5.33. The van der Waals surface area contributed by atoms with E-state index in [1.54, 1.807) is 12.4 Å². The van der Waals surface area contributed by atoms with Gasteiger partial charge in [0.05, 0.1) is 12.7 Å². The van der Waals surface area contributed by atoms with Crippen LogP contribution in [-0.2, 0) is 15.0 Å². The predicted octanol–water partition coefficient (Wildman–Crippen LogP) is 4.09. The molecule has 0 radical (unpaired) electrons. The predicted molar refractivity (Wildman–Crippen MR) is 134 cm³/mol. The minimum atomic E-state index is -0.779. The van der Waals surface area contributed by atoms with E-state index in [4.69, 9.17) is 24.9 Å². The molecule has 8 heteroatoms. The van der Waals surface area contributed by atoms with E-state index in [2.05, 4.69) is 46.9 Å². The zero-order valence-electron chi connectivity index (χ0n) is 20.0. The summed E-state index contributed by atoms with van der Waals surface area (Å²) in [7, 11) is 0. The molecule has 0 unspecified atom stereocenters. The van der Waals surface area contributed by atoms with Gasteiger partial charge in [-0.05, 0) is 48.2 Å². The Labute approximate surface area is 204 Å². The summed E-state index contributed by atoms with van der Waals surface area (Å²) in [5.74, 6) is 2.11. The molecule has 180 valence electrons. The first kappa shape index (κ1) is 21.9. The van der Waals surface area contributed by atoms with Crippen molar-refractivity contribution in [1.29, 1.82) is 0 Å². The molecule has 3 aliphatic rings. The number of nitrogens with zero attached hydrogens (tertiary/aromatic N) is 4. The topological polar surface area (TPSA) is 95.1 Å². The van der Waals surface area contributed by atoms with Crippen LogP contribution in [0.4, 0.5) is 5.69 Å². The van der Waals surface area contributed by atoms with E-state index in [0.29, 0.717) is 12.5 Å². The molecular formula is C27H29N5O3. The van der Waals surface area contributed by atoms with Crippen molar-refractivity contribution in [1.82, 2.24) is 9.97 Å². The summed E-state index contributed by atoms with van der Waals surface area (Å²) in [5.41, 5.74) is 10.2. The van der Waals surface area contributed by atoms with E-state index in [1.165, 1.54) is 6.33 Å². The number of hydrogen-bond acceptors (Lipinski definition) is 8. The Balaban J connectivity index is 1.42. The number of aliphatic imine (C=N–C) groups is 1. The lowest BCUT2D eigenvalue weighted by Gasteiger charge is -2.38. The van der Waals surface area contributed by atoms with Crippen LogP contribution in [0.3, 0.4) is 0 Å². The lowest BCUT2D eigenvalue weighted by Crippen LogP contribution is -2.43. The van der Waals surface area contributed by atoms with Gasteiger partial charge in [0.25, 0.3) is 6.02 Å². The molecule has 0 saturated carbocycles. The van der Waals surface area contributed by atoms with Gasteiger partial charge in [0.15, 0.2) is 5.54 Å². The van der Waals surface area contributed by atoms with Gasteiger partial charge in [0, 0.05) is 47.9 Å². The van der Waals surface area contributed by atoms with E-state index in [0.717, 1.165) is 65.6 Å². The van der Waals surface area contributed by atoms with E-state index >= 15 is 0 Å². The van der Waals surface area contributed by atoms with Crippen molar-refractivity contribution in [2.45, 2.75) is 31.9 Å². The van der Waals surface area contributed by atoms with Crippen molar-refractivity contribution in [2.75, 3.05) is 31.2 Å². The third-order valence-corrected chi connectivity index (χ3v) is 6.92. The highest BCUT2D eigenvalue weighted by Gasteiger charge is 2.47. The number of benzene rings is 2. The molecule has 2 N–H and O–H groups in total. The van der Waals surface area contributed by atoms with Crippen molar-refractivity contribution in [3.8, 4) is 22.6 Å². The molecule has 1 saturated heterocycles. The van der Waals surface area contributed by atoms with Gasteiger partial charge in [-0.15, -0.1) is 0 Å². The monoisotopic (exact) mass is 471 g/mol. The number of rotatable bonds is 4. The van der Waals surface area contributed by atoms with Crippen LogP contribution in [0.25, 0.3) is 11.1 Å². The van der Waals surface area contributed by atoms with Crippen molar-refractivity contribution in [3.05, 3.63) is 66.2 Å². The van der Waals surface area contributed by atoms with E-state index < -0.39 is 5.54 Å². The van der Waals surface area contributed by atoms with Crippen molar-refractivity contribution in [3.63, 3.8) is 0 Å². The Hall–Kier alpha value is -3.65. The summed E-state index contributed by atoms with van der Waals surface area (Å²) in [4.78, 5) is 15.6. The highest BCUT2D eigenvalue weighted by Crippen LogP contribution is 2.52. The molecule has 3 aliphatic heterocycles. The van der Waals surface area contributed by atoms with E-state index in [9.17, 15) is 0 Å². The zero-order chi connectivity index (χ0) is 24.0. The molecule has 2 atom stereocenters. The molecular weight excluding hydrogens is 442 g/mol. The van der Waals surface area contributed by atoms with Gasteiger partial charge in [-0.2, -0.15) is 0 Å². The second-order valence-corrected chi connectivity index (χ2v) is 9.79. The van der Waals surface area contributed by atoms with Gasteiger partial charge < -0.3 is 24.8 Å². The lowest BCUT2D eigenvalue weighted by atomic mass is 9.80. The number of aromatic nitrogens is 2. The standard InChI is InChI=1S/C27H29N5O3/c1-17(2)9-21-14-32(7-8-33-21)20-4-6-25-23(11-20)27(15-34-26(28)31-27)22-10-18(3-5-24(22)35-25)19-12-29-16-30-13-19/h3-6,10-13,16-17,21H,7-9,14-15H2,1-2H3,(H2,28,31)/t21-,27+/m1/s1. The van der Waals surface area contributed by atoms with Crippen molar-refractivity contribution >= 4 is 11.7 Å². The fourth-order valence-electron chi connectivity index (χ4n) is 5.29. The maximum absolute atomic E-state index is 6.37. The molecule has 2 aromatic carbocycles. The molecule has 35 heavy (non-hydrogen) atoms. The molecule has 6 rings (SSSR count). The Morgan fingerprint density at radius 3 is 2.57 bits per heavy atom. The summed E-state index contributed by atoms with van der Waals surface area (Å²) in [6.45, 7) is 7.21. The average molecular weight is 472 g/mol. The summed E-state index contributed by atoms with van der Waals surface area (Å²) in [5, 5.41) is 0. The Morgan fingerprint density at radius 2 is 1.83 bits per heavy atom. The van der Waals surface area contributed by atoms with E-state index in [-0.39, 0.29) is 12.1 Å². The highest BCUT2D eigenvalue weighted by atomic mass is 16.5. The van der Waals surface area contributed by atoms with Crippen LogP contribution in [0.5, 0.6) is 11.5 Å². The molecule has 0 amide bonds. The summed E-state index contributed by atoms with van der Waals surface area (Å²) in [6, 6.07) is 12.6. The first-order chi connectivity index (χ1) is 17.0. The molecule has 8 nitrogen and oxygen atoms in total. The number of anilines is 1. The van der Waals surface area contributed by atoms with Gasteiger partial charge in [-0.25, -0.2) is 15.0 Å². The summed E-state index contributed by atoms with van der Waals surface area (Å²) < 4.78 is 18.2. The second kappa shape index (κ2) is 8.53. The Morgan fingerprint density at radius 1 is 1.06 bits per heavy atom. The SMILES string of the molecule is CC(C)C[C@@H]1CN(c2ccc3c(c2)[C@]2(COC(N)=N2)c2cc(-c4cncnc4)ccc2O3)CCO1. The fourth-order valence-corrected chi connectivity index (χ4v) is 5.29. The van der Waals surface area contributed by atoms with Gasteiger partial charge >= 0.3 is 0 Å². The number of fused-ring (bicyclic) bond motifs is 4. The summed E-state index contributed by atoms with van der Waals surface area (Å²) >= 11 is 0. The smallest absolute Gasteiger partial charge is 0.283 e. The zero-order valence-corrected chi connectivity index (χ0v) is 20.0. The van der Waals surface area contributed by atoms with Gasteiger partial charge in [-0.1, -0.05) is 19.9 Å². The highest BCUT2D eigenvalue weighted by molar-refractivity contribution is 5.78. The van der Waals surface area contributed by atoms with Gasteiger partial charge in [0.1, 0.15) is 24.4 Å². The Bertz CT molecular complexity index is 1280. The molecule has 1 aromatic heterocycles. The lowest BCUT2D eigenvalue weighted by molar-refractivity contribution is 0.0276. The maximum atomic E-state index is 6.37. The minimum Gasteiger partial charge on any atom is -0.462 e. The van der Waals surface area contributed by atoms with Crippen LogP contribution in [0.1, 0.15) is 31.4 Å². The van der Waals surface area contributed by atoms with Crippen LogP contribution in [0.15, 0.2) is 60.1 Å². The number of amidine groups is 1. The number of ether oxygens (including phenoxy) is 3. The van der Waals surface area contributed by atoms with E-state index in [1.807, 2.05) is 18.2 Å². The first-order valence-corrected chi connectivity index (χ1v) is 12.1. The van der Waals surface area contributed by atoms with Gasteiger partial charge in [0.2, 0.25) is 0 Å².